The first-order valence-electron chi connectivity index (χ1n) is 8.83. The lowest BCUT2D eigenvalue weighted by Crippen LogP contribution is -2.12. The molecule has 0 aliphatic heterocycles. The van der Waals surface area contributed by atoms with Gasteiger partial charge in [-0.3, -0.25) is 10.1 Å². The van der Waals surface area contributed by atoms with Crippen molar-refractivity contribution >= 4 is 22.4 Å². The van der Waals surface area contributed by atoms with Gasteiger partial charge in [-0.05, 0) is 48.7 Å². The summed E-state index contributed by atoms with van der Waals surface area (Å²) in [5.74, 6) is 1.65. The number of amides is 1. The van der Waals surface area contributed by atoms with Crippen LogP contribution in [0.25, 0.3) is 11.3 Å². The Morgan fingerprint density at radius 3 is 2.57 bits per heavy atom. The molecule has 1 heterocycles. The summed E-state index contributed by atoms with van der Waals surface area (Å²) in [6, 6.07) is 11.1. The zero-order chi connectivity index (χ0) is 19.7. The molecule has 0 unspecified atom stereocenters. The molecule has 1 amide bonds. The van der Waals surface area contributed by atoms with Gasteiger partial charge in [0, 0.05) is 16.0 Å². The Bertz CT molecular complexity index is 1040. The zero-order valence-electron chi connectivity index (χ0n) is 15.9. The number of nitrogens with zero attached hydrogens (tertiary/aromatic N) is 1. The van der Waals surface area contributed by atoms with Crippen molar-refractivity contribution in [2.45, 2.75) is 12.8 Å². The molecule has 28 heavy (non-hydrogen) atoms. The summed E-state index contributed by atoms with van der Waals surface area (Å²) in [5, 5.41) is 3.49. The van der Waals surface area contributed by atoms with Crippen molar-refractivity contribution in [3.8, 4) is 28.5 Å². The summed E-state index contributed by atoms with van der Waals surface area (Å²) in [6.45, 7) is 0. The van der Waals surface area contributed by atoms with Crippen molar-refractivity contribution < 1.29 is 19.0 Å². The molecule has 0 bridgehead atoms. The van der Waals surface area contributed by atoms with Crippen molar-refractivity contribution in [1.82, 2.24) is 4.98 Å². The van der Waals surface area contributed by atoms with Crippen molar-refractivity contribution in [2.24, 2.45) is 0 Å². The van der Waals surface area contributed by atoms with Gasteiger partial charge in [-0.25, -0.2) is 4.98 Å². The second kappa shape index (κ2) is 7.52. The molecule has 1 N–H and O–H groups in total. The molecule has 2 aromatic carbocycles. The molecule has 4 rings (SSSR count). The normalized spacial score (nSPS) is 12.0. The number of thiazole rings is 1. The van der Waals surface area contributed by atoms with Gasteiger partial charge in [0.25, 0.3) is 5.91 Å². The molecular weight excluding hydrogens is 376 g/mol. The highest BCUT2D eigenvalue weighted by Crippen LogP contribution is 2.39. The number of hydrogen-bond donors (Lipinski definition) is 1. The molecule has 0 atom stereocenters. The second-order valence-electron chi connectivity index (χ2n) is 6.34. The molecule has 6 nitrogen and oxygen atoms in total. The van der Waals surface area contributed by atoms with Gasteiger partial charge in [-0.15, -0.1) is 11.3 Å². The number of nitrogens with one attached hydrogen (secondary N) is 1. The van der Waals surface area contributed by atoms with Gasteiger partial charge in [0.2, 0.25) is 0 Å². The summed E-state index contributed by atoms with van der Waals surface area (Å²) >= 11 is 1.51. The number of benzene rings is 2. The topological polar surface area (TPSA) is 69.7 Å². The lowest BCUT2D eigenvalue weighted by molar-refractivity contribution is 0.102. The predicted octanol–water partition coefficient (Wildman–Crippen LogP) is 4.19. The van der Waals surface area contributed by atoms with Gasteiger partial charge in [0.05, 0.1) is 27.0 Å². The van der Waals surface area contributed by atoms with E-state index >= 15 is 0 Å². The van der Waals surface area contributed by atoms with Crippen LogP contribution in [0.3, 0.4) is 0 Å². The largest absolute Gasteiger partial charge is 0.497 e. The van der Waals surface area contributed by atoms with Gasteiger partial charge < -0.3 is 14.2 Å². The average molecular weight is 396 g/mol. The van der Waals surface area contributed by atoms with Crippen molar-refractivity contribution in [2.75, 3.05) is 26.6 Å². The van der Waals surface area contributed by atoms with Crippen LogP contribution in [0, 0.1) is 0 Å². The first-order chi connectivity index (χ1) is 13.6. The molecule has 1 aromatic heterocycles. The molecule has 0 fully saturated rings. The Hall–Kier alpha value is -3.06. The van der Waals surface area contributed by atoms with E-state index in [1.165, 1.54) is 21.8 Å². The van der Waals surface area contributed by atoms with Crippen LogP contribution in [-0.4, -0.2) is 32.2 Å². The Balaban J connectivity index is 1.61. The third kappa shape index (κ3) is 3.29. The number of methoxy groups -OCH3 is 3. The van der Waals surface area contributed by atoms with Gasteiger partial charge in [-0.2, -0.15) is 0 Å². The van der Waals surface area contributed by atoms with E-state index in [2.05, 4.69) is 16.4 Å². The Morgan fingerprint density at radius 1 is 1.00 bits per heavy atom. The molecule has 0 spiro atoms. The molecule has 0 radical (unpaired) electrons. The quantitative estimate of drug-likeness (QED) is 0.700. The number of fused-ring (bicyclic) bond motifs is 3. The first-order valence-corrected chi connectivity index (χ1v) is 9.65. The van der Waals surface area contributed by atoms with Crippen LogP contribution in [0.15, 0.2) is 36.4 Å². The van der Waals surface area contributed by atoms with E-state index in [-0.39, 0.29) is 5.91 Å². The third-order valence-corrected chi connectivity index (χ3v) is 5.79. The monoisotopic (exact) mass is 396 g/mol. The van der Waals surface area contributed by atoms with Gasteiger partial charge >= 0.3 is 0 Å². The van der Waals surface area contributed by atoms with Crippen LogP contribution in [0.4, 0.5) is 5.13 Å². The molecule has 0 saturated heterocycles. The van der Waals surface area contributed by atoms with Crippen molar-refractivity contribution in [3.63, 3.8) is 0 Å². The molecule has 0 saturated carbocycles. The summed E-state index contributed by atoms with van der Waals surface area (Å²) in [6.07, 6.45) is 1.87. The van der Waals surface area contributed by atoms with E-state index in [1.54, 1.807) is 39.5 Å². The smallest absolute Gasteiger partial charge is 0.257 e. The molecule has 1 aliphatic carbocycles. The van der Waals surface area contributed by atoms with Crippen LogP contribution in [0.2, 0.25) is 0 Å². The molecular formula is C21H20N2O4S. The molecule has 7 heteroatoms. The van der Waals surface area contributed by atoms with E-state index in [9.17, 15) is 4.79 Å². The Kier molecular flexibility index (Phi) is 4.92. The minimum absolute atomic E-state index is 0.238. The number of carbonyl (C=O) groups excluding carboxylic acids is 1. The van der Waals surface area contributed by atoms with Gasteiger partial charge in [0.1, 0.15) is 5.75 Å². The Labute approximate surface area is 167 Å². The summed E-state index contributed by atoms with van der Waals surface area (Å²) in [7, 11) is 4.76. The molecule has 144 valence electrons. The third-order valence-electron chi connectivity index (χ3n) is 4.76. The minimum Gasteiger partial charge on any atom is -0.497 e. The van der Waals surface area contributed by atoms with E-state index in [4.69, 9.17) is 14.2 Å². The summed E-state index contributed by atoms with van der Waals surface area (Å²) in [4.78, 5) is 18.5. The summed E-state index contributed by atoms with van der Waals surface area (Å²) < 4.78 is 15.8. The number of ether oxygens (including phenoxy) is 3. The van der Waals surface area contributed by atoms with Crippen LogP contribution >= 0.6 is 11.3 Å². The fourth-order valence-electron chi connectivity index (χ4n) is 3.30. The standard InChI is InChI=1S/C21H20N2O4S/c1-25-14-7-4-12-6-9-18-19(15(12)11-14)22-21(28-18)23-20(24)13-5-8-16(26-2)17(10-13)27-3/h4-5,7-8,10-11H,6,9H2,1-3H3,(H,22,23,24). The van der Waals surface area contributed by atoms with Crippen molar-refractivity contribution in [3.05, 3.63) is 52.4 Å². The highest BCUT2D eigenvalue weighted by atomic mass is 32.1. The van der Waals surface area contributed by atoms with E-state index in [1.807, 2.05) is 12.1 Å². The van der Waals surface area contributed by atoms with E-state index in [0.29, 0.717) is 22.2 Å². The van der Waals surface area contributed by atoms with Crippen LogP contribution in [0.5, 0.6) is 17.2 Å². The SMILES string of the molecule is COc1ccc2c(c1)-c1nc(NC(=O)c3ccc(OC)c(OC)c3)sc1CC2. The van der Waals surface area contributed by atoms with Gasteiger partial charge in [0.15, 0.2) is 16.6 Å². The molecule has 3 aromatic rings. The number of aryl methyl sites for hydroxylation is 2. The fourth-order valence-corrected chi connectivity index (χ4v) is 4.27. The van der Waals surface area contributed by atoms with Crippen LogP contribution < -0.4 is 19.5 Å². The van der Waals surface area contributed by atoms with E-state index < -0.39 is 0 Å². The van der Waals surface area contributed by atoms with Crippen molar-refractivity contribution in [1.29, 1.82) is 0 Å². The van der Waals surface area contributed by atoms with Crippen LogP contribution in [-0.2, 0) is 12.8 Å². The second-order valence-corrected chi connectivity index (χ2v) is 7.42. The average Bonchev–Trinajstić information content (AvgIpc) is 3.15. The maximum atomic E-state index is 12.7. The zero-order valence-corrected chi connectivity index (χ0v) is 16.7. The number of rotatable bonds is 5. The highest BCUT2D eigenvalue weighted by Gasteiger charge is 2.22. The number of anilines is 1. The predicted molar refractivity (Wildman–Crippen MR) is 109 cm³/mol. The molecule has 1 aliphatic rings. The van der Waals surface area contributed by atoms with Gasteiger partial charge in [-0.1, -0.05) is 6.07 Å². The number of hydrogen-bond acceptors (Lipinski definition) is 6. The lowest BCUT2D eigenvalue weighted by atomic mass is 9.93. The number of aromatic nitrogens is 1. The van der Waals surface area contributed by atoms with E-state index in [0.717, 1.165) is 29.8 Å². The van der Waals surface area contributed by atoms with Crippen LogP contribution in [0.1, 0.15) is 20.8 Å². The highest BCUT2D eigenvalue weighted by molar-refractivity contribution is 7.16. The Morgan fingerprint density at radius 2 is 1.82 bits per heavy atom. The minimum atomic E-state index is -0.238. The lowest BCUT2D eigenvalue weighted by Gasteiger charge is -2.15. The summed E-state index contributed by atoms with van der Waals surface area (Å²) in [5.41, 5.74) is 3.72. The first kappa shape index (κ1) is 18.3. The number of carbonyl (C=O) groups is 1. The maximum absolute atomic E-state index is 12.7. The fraction of sp³-hybridized carbons (Fsp3) is 0.238. The maximum Gasteiger partial charge on any atom is 0.257 e.